The van der Waals surface area contributed by atoms with Crippen molar-refractivity contribution in [1.82, 2.24) is 10.0 Å². The molecule has 0 unspecified atom stereocenters. The summed E-state index contributed by atoms with van der Waals surface area (Å²) in [6, 6.07) is 0. The highest BCUT2D eigenvalue weighted by molar-refractivity contribution is 9.15. The fraction of sp³-hybridized carbons (Fsp3) is 0.400. The first-order valence-electron chi connectivity index (χ1n) is 4.87. The molecule has 0 aromatic rings. The summed E-state index contributed by atoms with van der Waals surface area (Å²) in [5, 5.41) is 3.65. The maximum absolute atomic E-state index is 11.6. The van der Waals surface area contributed by atoms with Crippen LogP contribution >= 0.6 is 31.9 Å². The average molecular weight is 352 g/mol. The molecule has 16 heavy (non-hydrogen) atoms. The number of hydrogen-bond acceptors (Lipinski definition) is 4. The molecule has 1 heterocycles. The molecule has 0 spiro atoms. The molecule has 0 amide bonds. The van der Waals surface area contributed by atoms with Gasteiger partial charge in [0.1, 0.15) is 5.70 Å². The van der Waals surface area contributed by atoms with Crippen LogP contribution in [0.1, 0.15) is 13.8 Å². The number of ketones is 1. The lowest BCUT2D eigenvalue weighted by atomic mass is 10.2. The van der Waals surface area contributed by atoms with Gasteiger partial charge in [0.15, 0.2) is 6.29 Å². The Morgan fingerprint density at radius 3 is 2.44 bits per heavy atom. The number of aldehydes is 1. The van der Waals surface area contributed by atoms with Crippen LogP contribution in [0.3, 0.4) is 0 Å². The molecule has 0 radical (unpaired) electrons. The van der Waals surface area contributed by atoms with E-state index < -0.39 is 5.78 Å². The first-order valence-corrected chi connectivity index (χ1v) is 6.46. The number of rotatable bonds is 4. The second-order valence-electron chi connectivity index (χ2n) is 3.09. The van der Waals surface area contributed by atoms with Crippen molar-refractivity contribution in [2.75, 3.05) is 13.1 Å². The van der Waals surface area contributed by atoms with E-state index in [9.17, 15) is 9.59 Å². The number of hydrogen-bond donors (Lipinski definition) is 0. The summed E-state index contributed by atoms with van der Waals surface area (Å²) in [7, 11) is 0. The Labute approximate surface area is 111 Å². The van der Waals surface area contributed by atoms with E-state index >= 15 is 0 Å². The number of nitrogens with zero attached hydrogens (tertiary/aromatic N) is 2. The first-order chi connectivity index (χ1) is 7.56. The smallest absolute Gasteiger partial charge is 0.244 e. The Morgan fingerprint density at radius 2 is 2.00 bits per heavy atom. The van der Waals surface area contributed by atoms with Gasteiger partial charge in [-0.3, -0.25) is 19.6 Å². The van der Waals surface area contributed by atoms with Gasteiger partial charge in [-0.25, -0.2) is 0 Å². The van der Waals surface area contributed by atoms with Gasteiger partial charge in [-0.1, -0.05) is 0 Å². The number of halogens is 2. The Hall–Kier alpha value is -0.620. The number of allylic oxidation sites excluding steroid dienone is 3. The predicted octanol–water partition coefficient (Wildman–Crippen LogP) is 2.17. The average Bonchev–Trinajstić information content (AvgIpc) is 2.30. The normalized spacial score (nSPS) is 16.4. The first kappa shape index (κ1) is 13.4. The van der Waals surface area contributed by atoms with Crippen molar-refractivity contribution < 1.29 is 9.59 Å². The lowest BCUT2D eigenvalue weighted by Gasteiger charge is -2.38. The van der Waals surface area contributed by atoms with Gasteiger partial charge in [0.2, 0.25) is 5.78 Å². The molecular weight excluding hydrogens is 340 g/mol. The molecule has 0 aliphatic carbocycles. The maximum Gasteiger partial charge on any atom is 0.244 e. The Kier molecular flexibility index (Phi) is 4.73. The van der Waals surface area contributed by atoms with E-state index in [1.807, 2.05) is 25.1 Å². The molecule has 0 aromatic heterocycles. The van der Waals surface area contributed by atoms with Gasteiger partial charge < -0.3 is 0 Å². The van der Waals surface area contributed by atoms with Crippen LogP contribution in [0.4, 0.5) is 0 Å². The lowest BCUT2D eigenvalue weighted by Crippen LogP contribution is -2.43. The Bertz CT molecular complexity index is 377. The van der Waals surface area contributed by atoms with Crippen LogP contribution in [0.15, 0.2) is 20.9 Å². The van der Waals surface area contributed by atoms with Gasteiger partial charge in [-0.15, -0.1) is 0 Å². The maximum atomic E-state index is 11.6. The molecule has 0 bridgehead atoms. The predicted molar refractivity (Wildman–Crippen MR) is 68.8 cm³/mol. The van der Waals surface area contributed by atoms with Crippen molar-refractivity contribution in [1.29, 1.82) is 0 Å². The number of hydrazine groups is 1. The SMILES string of the molecule is CCN1C=C(Br)C(Br)=C(C(=O)C=O)N1CC. The van der Waals surface area contributed by atoms with E-state index in [1.165, 1.54) is 0 Å². The van der Waals surface area contributed by atoms with Crippen LogP contribution in [0.5, 0.6) is 0 Å². The number of likely N-dealkylation sites (N-methyl/N-ethyl adjacent to an activating group) is 1. The second-order valence-corrected chi connectivity index (χ2v) is 4.74. The number of Topliss-reactive ketones (excluding diaryl/α,β-unsaturated/α-hetero) is 1. The van der Waals surface area contributed by atoms with Crippen molar-refractivity contribution in [2.45, 2.75) is 13.8 Å². The molecular formula is C10H12Br2N2O2. The quantitative estimate of drug-likeness (QED) is 0.575. The third-order valence-corrected chi connectivity index (χ3v) is 4.15. The monoisotopic (exact) mass is 350 g/mol. The second kappa shape index (κ2) is 5.63. The summed E-state index contributed by atoms with van der Waals surface area (Å²) in [5.41, 5.74) is 0.369. The standard InChI is InChI=1S/C10H12Br2N2O2/c1-3-13-5-7(11)9(12)10(8(16)6-15)14(13)4-2/h5-6H,3-4H2,1-2H3. The van der Waals surface area contributed by atoms with Crippen LogP contribution in [0, 0.1) is 0 Å². The molecule has 6 heteroatoms. The number of carbonyl (C=O) groups is 2. The lowest BCUT2D eigenvalue weighted by molar-refractivity contribution is -0.129. The zero-order valence-corrected chi connectivity index (χ0v) is 12.2. The minimum Gasteiger partial charge on any atom is -0.294 e. The minimum absolute atomic E-state index is 0.332. The minimum atomic E-state index is -0.530. The molecule has 0 N–H and O–H groups in total. The van der Waals surface area contributed by atoms with Crippen molar-refractivity contribution in [3.05, 3.63) is 20.9 Å². The van der Waals surface area contributed by atoms with Crippen LogP contribution in [0.25, 0.3) is 0 Å². The molecule has 88 valence electrons. The molecule has 1 aliphatic heterocycles. The van der Waals surface area contributed by atoms with E-state index in [0.717, 1.165) is 11.0 Å². The van der Waals surface area contributed by atoms with Crippen molar-refractivity contribution in [2.24, 2.45) is 0 Å². The Morgan fingerprint density at radius 1 is 1.38 bits per heavy atom. The molecule has 0 fully saturated rings. The highest BCUT2D eigenvalue weighted by atomic mass is 79.9. The van der Waals surface area contributed by atoms with Gasteiger partial charge in [0, 0.05) is 19.3 Å². The van der Waals surface area contributed by atoms with E-state index in [2.05, 4.69) is 31.9 Å². The molecule has 0 aromatic carbocycles. The van der Waals surface area contributed by atoms with Crippen LogP contribution in [-0.2, 0) is 9.59 Å². The van der Waals surface area contributed by atoms with Crippen LogP contribution in [-0.4, -0.2) is 35.2 Å². The highest BCUT2D eigenvalue weighted by Gasteiger charge is 2.27. The molecule has 0 saturated carbocycles. The van der Waals surface area contributed by atoms with E-state index in [4.69, 9.17) is 0 Å². The molecule has 0 saturated heterocycles. The zero-order chi connectivity index (χ0) is 12.3. The van der Waals surface area contributed by atoms with Gasteiger partial charge >= 0.3 is 0 Å². The number of carbonyl (C=O) groups excluding carboxylic acids is 2. The van der Waals surface area contributed by atoms with Crippen LogP contribution in [0.2, 0.25) is 0 Å². The van der Waals surface area contributed by atoms with Gasteiger partial charge in [0.05, 0.1) is 8.96 Å². The fourth-order valence-electron chi connectivity index (χ4n) is 1.51. The van der Waals surface area contributed by atoms with E-state index in [1.54, 1.807) is 5.01 Å². The Balaban J connectivity index is 3.24. The highest BCUT2D eigenvalue weighted by Crippen LogP contribution is 2.33. The third-order valence-electron chi connectivity index (χ3n) is 2.21. The van der Waals surface area contributed by atoms with Gasteiger partial charge in [-0.05, 0) is 45.7 Å². The third kappa shape index (κ3) is 2.38. The summed E-state index contributed by atoms with van der Waals surface area (Å²) in [4.78, 5) is 22.2. The summed E-state index contributed by atoms with van der Waals surface area (Å²) in [6.45, 7) is 5.24. The van der Waals surface area contributed by atoms with Crippen molar-refractivity contribution >= 4 is 43.9 Å². The zero-order valence-electron chi connectivity index (χ0n) is 9.04. The van der Waals surface area contributed by atoms with E-state index in [-0.39, 0.29) is 0 Å². The van der Waals surface area contributed by atoms with Crippen LogP contribution < -0.4 is 0 Å². The topological polar surface area (TPSA) is 40.6 Å². The fourth-order valence-corrected chi connectivity index (χ4v) is 2.43. The van der Waals surface area contributed by atoms with Crippen molar-refractivity contribution in [3.63, 3.8) is 0 Å². The van der Waals surface area contributed by atoms with Gasteiger partial charge in [-0.2, -0.15) is 0 Å². The van der Waals surface area contributed by atoms with Crippen molar-refractivity contribution in [3.8, 4) is 0 Å². The van der Waals surface area contributed by atoms with E-state index in [0.29, 0.717) is 23.0 Å². The summed E-state index contributed by atoms with van der Waals surface area (Å²) in [6.07, 6.45) is 2.20. The molecule has 0 atom stereocenters. The summed E-state index contributed by atoms with van der Waals surface area (Å²) in [5.74, 6) is -0.530. The van der Waals surface area contributed by atoms with Gasteiger partial charge in [0.25, 0.3) is 0 Å². The molecule has 1 aliphatic rings. The summed E-state index contributed by atoms with van der Waals surface area (Å²) < 4.78 is 1.36. The summed E-state index contributed by atoms with van der Waals surface area (Å²) >= 11 is 6.67. The molecule has 4 nitrogen and oxygen atoms in total. The largest absolute Gasteiger partial charge is 0.294 e. The molecule has 1 rings (SSSR count).